The molecule has 0 unspecified atom stereocenters. The molecule has 1 saturated heterocycles. The van der Waals surface area contributed by atoms with Gasteiger partial charge in [0.2, 0.25) is 11.9 Å². The van der Waals surface area contributed by atoms with Gasteiger partial charge < -0.3 is 19.7 Å². The Balaban J connectivity index is 1.59. The zero-order valence-corrected chi connectivity index (χ0v) is 15.1. The number of nitrogens with one attached hydrogen (secondary N) is 1. The van der Waals surface area contributed by atoms with Crippen molar-refractivity contribution >= 4 is 23.5 Å². The van der Waals surface area contributed by atoms with Crippen LogP contribution in [0.1, 0.15) is 12.8 Å². The van der Waals surface area contributed by atoms with Gasteiger partial charge >= 0.3 is 5.97 Å². The van der Waals surface area contributed by atoms with Gasteiger partial charge in [0.25, 0.3) is 0 Å². The van der Waals surface area contributed by atoms with Gasteiger partial charge in [0.05, 0.1) is 13.0 Å². The van der Waals surface area contributed by atoms with E-state index in [-0.39, 0.29) is 18.4 Å². The van der Waals surface area contributed by atoms with Gasteiger partial charge in [-0.2, -0.15) is 0 Å². The Morgan fingerprint density at radius 3 is 2.85 bits per heavy atom. The van der Waals surface area contributed by atoms with Crippen LogP contribution in [0.5, 0.6) is 5.75 Å². The number of methoxy groups -OCH3 is 1. The number of hydrogen-bond donors (Lipinski definition) is 1. The molecule has 1 aromatic heterocycles. The quantitative estimate of drug-likeness (QED) is 0.776. The maximum absolute atomic E-state index is 12.7. The molecule has 2 aromatic rings. The summed E-state index contributed by atoms with van der Waals surface area (Å²) in [6, 6.07) is 8.71. The molecule has 8 nitrogen and oxygen atoms in total. The normalized spacial score (nSPS) is 16.5. The molecule has 1 aliphatic heterocycles. The summed E-state index contributed by atoms with van der Waals surface area (Å²) in [4.78, 5) is 34.4. The molecule has 1 N–H and O–H groups in total. The number of piperidine rings is 1. The van der Waals surface area contributed by atoms with Crippen molar-refractivity contribution in [1.82, 2.24) is 9.97 Å². The van der Waals surface area contributed by atoms with E-state index in [0.717, 1.165) is 19.4 Å². The number of hydrogen-bond acceptors (Lipinski definition) is 7. The van der Waals surface area contributed by atoms with Crippen molar-refractivity contribution in [1.29, 1.82) is 0 Å². The third-order valence-corrected chi connectivity index (χ3v) is 4.31. The largest absolute Gasteiger partial charge is 0.482 e. The summed E-state index contributed by atoms with van der Waals surface area (Å²) in [6.07, 6.45) is 5.12. The molecule has 1 fully saturated rings. The number of ether oxygens (including phenoxy) is 2. The highest BCUT2D eigenvalue weighted by atomic mass is 16.6. The van der Waals surface area contributed by atoms with Crippen LogP contribution in [0, 0.1) is 5.92 Å². The highest BCUT2D eigenvalue weighted by Gasteiger charge is 2.27. The predicted octanol–water partition coefficient (Wildman–Crippen LogP) is 1.88. The molecule has 1 aliphatic rings. The topological polar surface area (TPSA) is 93.6 Å². The fourth-order valence-electron chi connectivity index (χ4n) is 2.94. The van der Waals surface area contributed by atoms with Crippen molar-refractivity contribution in [2.24, 2.45) is 5.92 Å². The lowest BCUT2D eigenvalue weighted by Crippen LogP contribution is -2.41. The SMILES string of the molecule is COC(=O)COc1cccc(NC(=O)[C@H]2CCCN(c3ncccn3)C2)c1. The van der Waals surface area contributed by atoms with E-state index in [2.05, 4.69) is 20.0 Å². The molecule has 0 spiro atoms. The highest BCUT2D eigenvalue weighted by molar-refractivity contribution is 5.93. The van der Waals surface area contributed by atoms with Crippen molar-refractivity contribution in [2.45, 2.75) is 12.8 Å². The van der Waals surface area contributed by atoms with E-state index in [9.17, 15) is 9.59 Å². The molecule has 27 heavy (non-hydrogen) atoms. The number of esters is 1. The average molecular weight is 370 g/mol. The molecule has 2 heterocycles. The van der Waals surface area contributed by atoms with E-state index in [4.69, 9.17) is 4.74 Å². The number of carbonyl (C=O) groups excluding carboxylic acids is 2. The minimum atomic E-state index is -0.463. The third-order valence-electron chi connectivity index (χ3n) is 4.31. The van der Waals surface area contributed by atoms with Gasteiger partial charge in [0, 0.05) is 37.2 Å². The number of aromatic nitrogens is 2. The van der Waals surface area contributed by atoms with E-state index in [1.165, 1.54) is 7.11 Å². The summed E-state index contributed by atoms with van der Waals surface area (Å²) in [5, 5.41) is 2.92. The van der Waals surface area contributed by atoms with Crippen LogP contribution in [0.2, 0.25) is 0 Å². The summed E-state index contributed by atoms with van der Waals surface area (Å²) in [7, 11) is 1.30. The summed E-state index contributed by atoms with van der Waals surface area (Å²) in [5.41, 5.74) is 0.621. The van der Waals surface area contributed by atoms with Crippen LogP contribution in [-0.4, -0.2) is 48.7 Å². The Morgan fingerprint density at radius 2 is 2.07 bits per heavy atom. The zero-order chi connectivity index (χ0) is 19.1. The van der Waals surface area contributed by atoms with Crippen LogP contribution in [0.4, 0.5) is 11.6 Å². The molecule has 3 rings (SSSR count). The van der Waals surface area contributed by atoms with Crippen LogP contribution in [0.15, 0.2) is 42.7 Å². The van der Waals surface area contributed by atoms with Gasteiger partial charge in [0.1, 0.15) is 5.75 Å². The minimum absolute atomic E-state index is 0.0549. The number of benzene rings is 1. The maximum atomic E-state index is 12.7. The van der Waals surface area contributed by atoms with Gasteiger partial charge in [-0.25, -0.2) is 14.8 Å². The van der Waals surface area contributed by atoms with Gasteiger partial charge in [-0.3, -0.25) is 4.79 Å². The van der Waals surface area contributed by atoms with E-state index >= 15 is 0 Å². The monoisotopic (exact) mass is 370 g/mol. The minimum Gasteiger partial charge on any atom is -0.482 e. The van der Waals surface area contributed by atoms with Crippen LogP contribution in [-0.2, 0) is 14.3 Å². The number of rotatable bonds is 6. The molecule has 1 aromatic carbocycles. The van der Waals surface area contributed by atoms with Gasteiger partial charge in [-0.05, 0) is 31.0 Å². The molecular formula is C19H22N4O4. The number of amides is 1. The Kier molecular flexibility index (Phi) is 6.19. The molecule has 8 heteroatoms. The molecule has 1 atom stereocenters. The van der Waals surface area contributed by atoms with E-state index < -0.39 is 5.97 Å². The fourth-order valence-corrected chi connectivity index (χ4v) is 2.94. The Bertz CT molecular complexity index is 784. The van der Waals surface area contributed by atoms with Crippen LogP contribution in [0.3, 0.4) is 0 Å². The first-order valence-corrected chi connectivity index (χ1v) is 8.78. The van der Waals surface area contributed by atoms with E-state index in [1.54, 1.807) is 42.7 Å². The number of nitrogens with zero attached hydrogens (tertiary/aromatic N) is 3. The van der Waals surface area contributed by atoms with Crippen LogP contribution in [0.25, 0.3) is 0 Å². The summed E-state index contributed by atoms with van der Waals surface area (Å²) >= 11 is 0. The molecule has 0 aliphatic carbocycles. The first-order chi connectivity index (χ1) is 13.2. The molecular weight excluding hydrogens is 348 g/mol. The van der Waals surface area contributed by atoms with Crippen molar-refractivity contribution in [3.05, 3.63) is 42.7 Å². The van der Waals surface area contributed by atoms with E-state index in [0.29, 0.717) is 23.9 Å². The van der Waals surface area contributed by atoms with Crippen LogP contribution >= 0.6 is 0 Å². The van der Waals surface area contributed by atoms with E-state index in [1.807, 2.05) is 4.90 Å². The van der Waals surface area contributed by atoms with Crippen molar-refractivity contribution in [3.63, 3.8) is 0 Å². The molecule has 0 bridgehead atoms. The summed E-state index contributed by atoms with van der Waals surface area (Å²) < 4.78 is 9.89. The summed E-state index contributed by atoms with van der Waals surface area (Å²) in [5.74, 6) is 0.465. The molecule has 1 amide bonds. The number of anilines is 2. The highest BCUT2D eigenvalue weighted by Crippen LogP contribution is 2.23. The lowest BCUT2D eigenvalue weighted by molar-refractivity contribution is -0.142. The second-order valence-corrected chi connectivity index (χ2v) is 6.22. The Hall–Kier alpha value is -3.16. The Morgan fingerprint density at radius 1 is 1.26 bits per heavy atom. The smallest absolute Gasteiger partial charge is 0.343 e. The lowest BCUT2D eigenvalue weighted by Gasteiger charge is -2.31. The van der Waals surface area contributed by atoms with Crippen molar-refractivity contribution in [2.75, 3.05) is 37.0 Å². The fraction of sp³-hybridized carbons (Fsp3) is 0.368. The number of carbonyl (C=O) groups is 2. The Labute approximate surface area is 157 Å². The van der Waals surface area contributed by atoms with Gasteiger partial charge in [-0.1, -0.05) is 6.07 Å². The molecule has 0 saturated carbocycles. The standard InChI is InChI=1S/C19H22N4O4/c1-26-17(24)13-27-16-7-2-6-15(11-16)22-18(25)14-5-3-10-23(12-14)19-20-8-4-9-21-19/h2,4,6-9,11,14H,3,5,10,12-13H2,1H3,(H,22,25)/t14-/m0/s1. The van der Waals surface area contributed by atoms with Gasteiger partial charge in [0.15, 0.2) is 6.61 Å². The molecule has 0 radical (unpaired) electrons. The summed E-state index contributed by atoms with van der Waals surface area (Å²) in [6.45, 7) is 1.24. The molecule has 142 valence electrons. The van der Waals surface area contributed by atoms with Crippen LogP contribution < -0.4 is 15.0 Å². The second-order valence-electron chi connectivity index (χ2n) is 6.22. The van der Waals surface area contributed by atoms with Crippen molar-refractivity contribution < 1.29 is 19.1 Å². The first kappa shape index (κ1) is 18.6. The maximum Gasteiger partial charge on any atom is 0.343 e. The van der Waals surface area contributed by atoms with Crippen molar-refractivity contribution in [3.8, 4) is 5.75 Å². The zero-order valence-electron chi connectivity index (χ0n) is 15.1. The predicted molar refractivity (Wildman–Crippen MR) is 99.6 cm³/mol. The third kappa shape index (κ3) is 5.16. The second kappa shape index (κ2) is 8.98. The average Bonchev–Trinajstić information content (AvgIpc) is 2.73. The van der Waals surface area contributed by atoms with Gasteiger partial charge in [-0.15, -0.1) is 0 Å². The lowest BCUT2D eigenvalue weighted by atomic mass is 9.97. The first-order valence-electron chi connectivity index (χ1n) is 8.78.